The third-order valence-electron chi connectivity index (χ3n) is 3.66. The van der Waals surface area contributed by atoms with E-state index in [2.05, 4.69) is 15.5 Å². The van der Waals surface area contributed by atoms with Gasteiger partial charge < -0.3 is 14.8 Å². The Balaban J connectivity index is 2.21. The number of nitrogens with zero attached hydrogens (tertiary/aromatic N) is 2. The number of ether oxygens (including phenoxy) is 2. The van der Waals surface area contributed by atoms with Crippen LogP contribution in [0, 0.1) is 0 Å². The van der Waals surface area contributed by atoms with Crippen molar-refractivity contribution >= 4 is 29.3 Å². The van der Waals surface area contributed by atoms with E-state index in [1.807, 2.05) is 31.2 Å². The van der Waals surface area contributed by atoms with E-state index in [0.29, 0.717) is 36.5 Å². The van der Waals surface area contributed by atoms with Gasteiger partial charge in [-0.15, -0.1) is 10.2 Å². The standard InChI is InChI=1S/C19H22ClN3O3/c1-4-14(19(24)26-5-2)10-17-16(11-18(20)23-22-17)21-12-13-6-8-15(25-3)9-7-13/h6-11H,4-5,12H2,1-3H3,(H,21,23)/b14-10-. The lowest BCUT2D eigenvalue weighted by molar-refractivity contribution is -0.138. The lowest BCUT2D eigenvalue weighted by Crippen LogP contribution is -2.08. The van der Waals surface area contributed by atoms with E-state index < -0.39 is 0 Å². The molecule has 0 atom stereocenters. The van der Waals surface area contributed by atoms with Crippen molar-refractivity contribution < 1.29 is 14.3 Å². The highest BCUT2D eigenvalue weighted by atomic mass is 35.5. The van der Waals surface area contributed by atoms with Crippen molar-refractivity contribution in [2.24, 2.45) is 0 Å². The molecule has 26 heavy (non-hydrogen) atoms. The smallest absolute Gasteiger partial charge is 0.334 e. The molecule has 2 aromatic rings. The third kappa shape index (κ3) is 5.46. The maximum Gasteiger partial charge on any atom is 0.334 e. The van der Waals surface area contributed by atoms with Gasteiger partial charge in [0, 0.05) is 18.2 Å². The summed E-state index contributed by atoms with van der Waals surface area (Å²) in [6.07, 6.45) is 2.21. The number of rotatable bonds is 8. The van der Waals surface area contributed by atoms with Gasteiger partial charge in [-0.2, -0.15) is 0 Å². The summed E-state index contributed by atoms with van der Waals surface area (Å²) in [5.74, 6) is 0.445. The number of halogens is 1. The molecule has 0 unspecified atom stereocenters. The van der Waals surface area contributed by atoms with Crippen LogP contribution in [0.3, 0.4) is 0 Å². The Kier molecular flexibility index (Phi) is 7.41. The van der Waals surface area contributed by atoms with Crippen molar-refractivity contribution in [2.45, 2.75) is 26.8 Å². The fourth-order valence-electron chi connectivity index (χ4n) is 2.26. The Morgan fingerprint density at radius 2 is 1.96 bits per heavy atom. The Labute approximate surface area is 158 Å². The maximum absolute atomic E-state index is 12.0. The Hall–Kier alpha value is -2.60. The number of methoxy groups -OCH3 is 1. The van der Waals surface area contributed by atoms with Gasteiger partial charge in [0.1, 0.15) is 11.4 Å². The SMILES string of the molecule is CCOC(=O)/C(=C\c1nnc(Cl)cc1NCc1ccc(OC)cc1)CC. The molecule has 1 aromatic heterocycles. The molecular formula is C19H22ClN3O3. The van der Waals surface area contributed by atoms with Crippen LogP contribution in [0.15, 0.2) is 35.9 Å². The van der Waals surface area contributed by atoms with E-state index in [4.69, 9.17) is 21.1 Å². The first kappa shape index (κ1) is 19.7. The summed E-state index contributed by atoms with van der Waals surface area (Å²) in [6.45, 7) is 4.55. The third-order valence-corrected chi connectivity index (χ3v) is 3.85. The van der Waals surface area contributed by atoms with Crippen LogP contribution in [-0.4, -0.2) is 29.9 Å². The second-order valence-corrected chi connectivity index (χ2v) is 5.80. The average Bonchev–Trinajstić information content (AvgIpc) is 2.66. The summed E-state index contributed by atoms with van der Waals surface area (Å²) in [5, 5.41) is 11.5. The molecule has 0 amide bonds. The van der Waals surface area contributed by atoms with Crippen LogP contribution in [0.2, 0.25) is 5.15 Å². The number of aromatic nitrogens is 2. The molecule has 1 aromatic carbocycles. The molecule has 0 saturated carbocycles. The number of anilines is 1. The predicted molar refractivity (Wildman–Crippen MR) is 102 cm³/mol. The molecule has 0 aliphatic rings. The number of nitrogens with one attached hydrogen (secondary N) is 1. The van der Waals surface area contributed by atoms with Crippen molar-refractivity contribution in [3.8, 4) is 5.75 Å². The first-order chi connectivity index (χ1) is 12.6. The van der Waals surface area contributed by atoms with Gasteiger partial charge in [-0.1, -0.05) is 30.7 Å². The molecule has 0 aliphatic carbocycles. The lowest BCUT2D eigenvalue weighted by atomic mass is 10.1. The molecule has 6 nitrogen and oxygen atoms in total. The minimum Gasteiger partial charge on any atom is -0.497 e. The van der Waals surface area contributed by atoms with E-state index in [0.717, 1.165) is 11.3 Å². The summed E-state index contributed by atoms with van der Waals surface area (Å²) in [6, 6.07) is 9.40. The van der Waals surface area contributed by atoms with E-state index >= 15 is 0 Å². The zero-order valence-electron chi connectivity index (χ0n) is 15.1. The zero-order valence-corrected chi connectivity index (χ0v) is 15.8. The molecule has 0 radical (unpaired) electrons. The van der Waals surface area contributed by atoms with Crippen molar-refractivity contribution in [2.75, 3.05) is 19.0 Å². The van der Waals surface area contributed by atoms with Gasteiger partial charge >= 0.3 is 5.97 Å². The number of carbonyl (C=O) groups excluding carboxylic acids is 1. The molecule has 0 bridgehead atoms. The minimum absolute atomic E-state index is 0.272. The molecule has 1 N–H and O–H groups in total. The second kappa shape index (κ2) is 9.77. The minimum atomic E-state index is -0.354. The van der Waals surface area contributed by atoms with Gasteiger partial charge in [0.15, 0.2) is 5.15 Å². The number of esters is 1. The average molecular weight is 376 g/mol. The molecule has 1 heterocycles. The monoisotopic (exact) mass is 375 g/mol. The van der Waals surface area contributed by atoms with Crippen molar-refractivity contribution in [1.82, 2.24) is 10.2 Å². The molecular weight excluding hydrogens is 354 g/mol. The maximum atomic E-state index is 12.0. The van der Waals surface area contributed by atoms with Crippen LogP contribution < -0.4 is 10.1 Å². The van der Waals surface area contributed by atoms with Crippen LogP contribution in [0.4, 0.5) is 5.69 Å². The second-order valence-electron chi connectivity index (χ2n) is 5.41. The van der Waals surface area contributed by atoms with E-state index in [1.54, 1.807) is 26.2 Å². The summed E-state index contributed by atoms with van der Waals surface area (Å²) in [4.78, 5) is 12.0. The molecule has 138 valence electrons. The van der Waals surface area contributed by atoms with Gasteiger partial charge in [0.25, 0.3) is 0 Å². The van der Waals surface area contributed by atoms with Crippen LogP contribution >= 0.6 is 11.6 Å². The van der Waals surface area contributed by atoms with Gasteiger partial charge in [-0.3, -0.25) is 0 Å². The number of carbonyl (C=O) groups is 1. The van der Waals surface area contributed by atoms with Gasteiger partial charge in [-0.05, 0) is 37.1 Å². The fourth-order valence-corrected chi connectivity index (χ4v) is 2.41. The number of benzene rings is 1. The van der Waals surface area contributed by atoms with Crippen LogP contribution in [0.1, 0.15) is 31.5 Å². The quantitative estimate of drug-likeness (QED) is 0.553. The van der Waals surface area contributed by atoms with Crippen LogP contribution in [0.25, 0.3) is 6.08 Å². The molecule has 0 aliphatic heterocycles. The zero-order chi connectivity index (χ0) is 18.9. The first-order valence-corrected chi connectivity index (χ1v) is 8.72. The molecule has 0 spiro atoms. The van der Waals surface area contributed by atoms with Crippen LogP contribution in [0.5, 0.6) is 5.75 Å². The van der Waals surface area contributed by atoms with Gasteiger partial charge in [0.05, 0.1) is 19.4 Å². The lowest BCUT2D eigenvalue weighted by Gasteiger charge is -2.11. The highest BCUT2D eigenvalue weighted by Crippen LogP contribution is 2.22. The largest absolute Gasteiger partial charge is 0.497 e. The van der Waals surface area contributed by atoms with Gasteiger partial charge in [0.2, 0.25) is 0 Å². The van der Waals surface area contributed by atoms with E-state index in [1.165, 1.54) is 0 Å². The highest BCUT2D eigenvalue weighted by Gasteiger charge is 2.12. The first-order valence-electron chi connectivity index (χ1n) is 8.35. The number of hydrogen-bond acceptors (Lipinski definition) is 6. The molecule has 2 rings (SSSR count). The van der Waals surface area contributed by atoms with Crippen molar-refractivity contribution in [1.29, 1.82) is 0 Å². The number of hydrogen-bond donors (Lipinski definition) is 1. The molecule has 0 saturated heterocycles. The fraction of sp³-hybridized carbons (Fsp3) is 0.316. The Morgan fingerprint density at radius 3 is 2.58 bits per heavy atom. The van der Waals surface area contributed by atoms with E-state index in [9.17, 15) is 4.79 Å². The van der Waals surface area contributed by atoms with Crippen molar-refractivity contribution in [3.63, 3.8) is 0 Å². The van der Waals surface area contributed by atoms with Gasteiger partial charge in [-0.25, -0.2) is 4.79 Å². The summed E-state index contributed by atoms with van der Waals surface area (Å²) in [5.41, 5.74) is 2.81. The molecule has 0 fully saturated rings. The molecule has 7 heteroatoms. The summed E-state index contributed by atoms with van der Waals surface area (Å²) < 4.78 is 10.2. The topological polar surface area (TPSA) is 73.3 Å². The Morgan fingerprint density at radius 1 is 1.23 bits per heavy atom. The normalized spacial score (nSPS) is 11.2. The van der Waals surface area contributed by atoms with Crippen molar-refractivity contribution in [3.05, 3.63) is 52.3 Å². The van der Waals surface area contributed by atoms with Crippen LogP contribution in [-0.2, 0) is 16.1 Å². The summed E-state index contributed by atoms with van der Waals surface area (Å²) >= 11 is 5.98. The highest BCUT2D eigenvalue weighted by molar-refractivity contribution is 6.29. The predicted octanol–water partition coefficient (Wildman–Crippen LogP) is 4.11. The summed E-state index contributed by atoms with van der Waals surface area (Å²) in [7, 11) is 1.63. The van der Waals surface area contributed by atoms with E-state index in [-0.39, 0.29) is 11.1 Å². The Bertz CT molecular complexity index is 776.